The first kappa shape index (κ1) is 31.3. The number of benzene rings is 2. The third-order valence-corrected chi connectivity index (χ3v) is 9.68. The van der Waals surface area contributed by atoms with E-state index in [1.807, 2.05) is 24.8 Å². The van der Waals surface area contributed by atoms with Gasteiger partial charge in [-0.2, -0.15) is 4.98 Å². The number of hydrogen-bond acceptors (Lipinski definition) is 7. The van der Waals surface area contributed by atoms with E-state index in [2.05, 4.69) is 46.2 Å². The first-order valence-corrected chi connectivity index (χ1v) is 16.4. The Kier molecular flexibility index (Phi) is 9.04. The Hall–Kier alpha value is -3.66. The summed E-state index contributed by atoms with van der Waals surface area (Å²) in [5, 5.41) is 5.04. The van der Waals surface area contributed by atoms with Crippen LogP contribution in [0.1, 0.15) is 43.4 Å². The maximum Gasteiger partial charge on any atom is 0.260 e. The Labute approximate surface area is 273 Å². The number of hydrogen-bond donors (Lipinski definition) is 1. The van der Waals surface area contributed by atoms with E-state index < -0.39 is 0 Å². The summed E-state index contributed by atoms with van der Waals surface area (Å²) in [4.78, 5) is 43.5. The van der Waals surface area contributed by atoms with E-state index in [0.29, 0.717) is 52.3 Å². The molecule has 1 amide bonds. The van der Waals surface area contributed by atoms with Gasteiger partial charge >= 0.3 is 0 Å². The van der Waals surface area contributed by atoms with Gasteiger partial charge in [-0.25, -0.2) is 4.98 Å². The molecule has 2 aliphatic heterocycles. The van der Waals surface area contributed by atoms with Gasteiger partial charge in [-0.05, 0) is 81.3 Å². The number of nitrogens with one attached hydrogen (secondary N) is 1. The lowest BCUT2D eigenvalue weighted by molar-refractivity contribution is -0.132. The topological polar surface area (TPSA) is 86.6 Å². The van der Waals surface area contributed by atoms with Crippen molar-refractivity contribution in [1.82, 2.24) is 24.3 Å². The van der Waals surface area contributed by atoms with Gasteiger partial charge in [0.15, 0.2) is 0 Å². The van der Waals surface area contributed by atoms with Crippen molar-refractivity contribution in [1.29, 1.82) is 0 Å². The fourth-order valence-corrected chi connectivity index (χ4v) is 7.00. The number of pyridine rings is 1. The quantitative estimate of drug-likeness (QED) is 0.257. The molecule has 2 saturated heterocycles. The van der Waals surface area contributed by atoms with Crippen LogP contribution in [0.2, 0.25) is 10.0 Å². The average molecular weight is 649 g/mol. The molecular weight excluding hydrogens is 609 g/mol. The highest BCUT2D eigenvalue weighted by Crippen LogP contribution is 2.35. The van der Waals surface area contributed by atoms with Gasteiger partial charge in [0.2, 0.25) is 11.9 Å². The summed E-state index contributed by atoms with van der Waals surface area (Å²) in [5.74, 6) is 0.474. The molecule has 0 unspecified atom stereocenters. The van der Waals surface area contributed by atoms with Gasteiger partial charge in [-0.15, -0.1) is 0 Å². The number of piperazine rings is 1. The predicted molar refractivity (Wildman–Crippen MR) is 183 cm³/mol. The van der Waals surface area contributed by atoms with Crippen LogP contribution in [0, 0.1) is 13.8 Å². The van der Waals surface area contributed by atoms with Crippen molar-refractivity contribution in [3.63, 3.8) is 0 Å². The van der Waals surface area contributed by atoms with Crippen molar-refractivity contribution in [2.45, 2.75) is 46.1 Å². The van der Waals surface area contributed by atoms with Crippen LogP contribution in [0.3, 0.4) is 0 Å². The molecule has 2 aromatic carbocycles. The minimum absolute atomic E-state index is 0.0784. The van der Waals surface area contributed by atoms with Crippen LogP contribution in [0.25, 0.3) is 22.2 Å². The number of aromatic nitrogens is 3. The zero-order valence-corrected chi connectivity index (χ0v) is 27.8. The highest BCUT2D eigenvalue weighted by atomic mass is 35.5. The van der Waals surface area contributed by atoms with E-state index in [1.165, 1.54) is 11.3 Å². The molecule has 45 heavy (non-hydrogen) atoms. The van der Waals surface area contributed by atoms with Crippen LogP contribution in [0.5, 0.6) is 0 Å². The third kappa shape index (κ3) is 6.26. The number of piperidine rings is 1. The molecule has 0 bridgehead atoms. The number of likely N-dealkylation sites (tertiary alicyclic amines) is 1. The van der Waals surface area contributed by atoms with Crippen molar-refractivity contribution in [2.75, 3.05) is 56.5 Å². The first-order chi connectivity index (χ1) is 21.6. The molecule has 1 atom stereocenters. The van der Waals surface area contributed by atoms with E-state index in [1.54, 1.807) is 29.0 Å². The molecule has 236 valence electrons. The normalized spacial score (nSPS) is 17.6. The largest absolute Gasteiger partial charge is 0.369 e. The fourth-order valence-electron chi connectivity index (χ4n) is 6.62. The van der Waals surface area contributed by atoms with Crippen LogP contribution in [-0.4, -0.2) is 76.6 Å². The number of carbonyl (C=O) groups is 1. The summed E-state index contributed by atoms with van der Waals surface area (Å²) in [6, 6.07) is 11.2. The Morgan fingerprint density at radius 3 is 2.56 bits per heavy atom. The lowest BCUT2D eigenvalue weighted by Gasteiger charge is -2.35. The van der Waals surface area contributed by atoms with Crippen LogP contribution >= 0.6 is 23.2 Å². The lowest BCUT2D eigenvalue weighted by atomic mass is 9.98. The van der Waals surface area contributed by atoms with Gasteiger partial charge in [-0.3, -0.25) is 14.2 Å². The number of rotatable bonds is 6. The summed E-state index contributed by atoms with van der Waals surface area (Å²) in [6.07, 6.45) is 3.72. The molecule has 6 rings (SSSR count). The van der Waals surface area contributed by atoms with Gasteiger partial charge in [0, 0.05) is 84.3 Å². The predicted octanol–water partition coefficient (Wildman–Crippen LogP) is 6.45. The summed E-state index contributed by atoms with van der Waals surface area (Å²) in [7, 11) is 2.16. The van der Waals surface area contributed by atoms with E-state index in [9.17, 15) is 9.59 Å². The molecule has 11 heteroatoms. The minimum atomic E-state index is -0.255. The second kappa shape index (κ2) is 13.0. The molecule has 9 nitrogen and oxygen atoms in total. The molecule has 2 aliphatic rings. The number of carbonyl (C=O) groups excluding carboxylic acids is 1. The van der Waals surface area contributed by atoms with Crippen LogP contribution in [0.4, 0.5) is 17.3 Å². The van der Waals surface area contributed by atoms with Crippen LogP contribution in [0.15, 0.2) is 47.4 Å². The minimum Gasteiger partial charge on any atom is -0.369 e. The highest BCUT2D eigenvalue weighted by Gasteiger charge is 2.29. The zero-order valence-electron chi connectivity index (χ0n) is 26.2. The Balaban J connectivity index is 1.43. The first-order valence-electron chi connectivity index (χ1n) is 15.6. The van der Waals surface area contributed by atoms with Crippen molar-refractivity contribution in [2.24, 2.45) is 0 Å². The molecule has 0 aliphatic carbocycles. The van der Waals surface area contributed by atoms with Crippen LogP contribution < -0.4 is 15.8 Å². The zero-order chi connectivity index (χ0) is 31.8. The molecule has 4 heterocycles. The smallest absolute Gasteiger partial charge is 0.260 e. The number of halogens is 2. The van der Waals surface area contributed by atoms with Gasteiger partial charge in [0.25, 0.3) is 5.56 Å². The lowest BCUT2D eigenvalue weighted by Crippen LogP contribution is -2.44. The standard InChI is InChI=1S/C34H39Cl2N7O2/c1-5-30(44)42-12-6-7-25(20-42)43-32-27(22(3)31(33(43)45)26-18-23(35)8-10-28(26)36)19-37-34(39-32)38-24-9-11-29(21(2)17-24)41-15-13-40(4)14-16-41/h8-11,17-19,25H,5-7,12-16,20H2,1-4H3,(H,37,38,39)/t25-/m0/s1. The molecule has 0 spiro atoms. The monoisotopic (exact) mass is 647 g/mol. The Morgan fingerprint density at radius 2 is 1.82 bits per heavy atom. The number of nitrogens with zero attached hydrogens (tertiary/aromatic N) is 6. The van der Waals surface area contributed by atoms with Gasteiger partial charge in [-0.1, -0.05) is 30.1 Å². The van der Waals surface area contributed by atoms with Crippen molar-refractivity contribution >= 4 is 57.5 Å². The van der Waals surface area contributed by atoms with Crippen molar-refractivity contribution in [3.8, 4) is 11.1 Å². The van der Waals surface area contributed by atoms with E-state index in [0.717, 1.165) is 55.7 Å². The van der Waals surface area contributed by atoms with Crippen LogP contribution in [-0.2, 0) is 4.79 Å². The number of likely N-dealkylation sites (N-methyl/N-ethyl adjacent to an activating group) is 1. The Bertz CT molecular complexity index is 1820. The number of anilines is 3. The number of amides is 1. The molecule has 1 N–H and O–H groups in total. The van der Waals surface area contributed by atoms with E-state index in [4.69, 9.17) is 28.2 Å². The van der Waals surface area contributed by atoms with Gasteiger partial charge in [0.05, 0.1) is 11.6 Å². The molecule has 0 saturated carbocycles. The fraction of sp³-hybridized carbons (Fsp3) is 0.412. The van der Waals surface area contributed by atoms with E-state index in [-0.39, 0.29) is 17.5 Å². The SMILES string of the molecule is CCC(=O)N1CCC[C@H](n2c(=O)c(-c3cc(Cl)ccc3Cl)c(C)c3cnc(Nc4ccc(N5CCN(C)CC5)c(C)c4)nc32)C1. The highest BCUT2D eigenvalue weighted by molar-refractivity contribution is 6.35. The maximum absolute atomic E-state index is 14.5. The van der Waals surface area contributed by atoms with E-state index >= 15 is 0 Å². The van der Waals surface area contributed by atoms with Crippen molar-refractivity contribution in [3.05, 3.63) is 74.1 Å². The molecular formula is C34H39Cl2N7O2. The van der Waals surface area contributed by atoms with Gasteiger partial charge < -0.3 is 20.0 Å². The van der Waals surface area contributed by atoms with Crippen molar-refractivity contribution < 1.29 is 4.79 Å². The number of fused-ring (bicyclic) bond motifs is 1. The summed E-state index contributed by atoms with van der Waals surface area (Å²) in [6.45, 7) is 11.1. The maximum atomic E-state index is 14.5. The Morgan fingerprint density at radius 1 is 1.04 bits per heavy atom. The second-order valence-corrected chi connectivity index (χ2v) is 13.0. The summed E-state index contributed by atoms with van der Waals surface area (Å²) in [5.41, 5.74) is 5.35. The molecule has 0 radical (unpaired) electrons. The third-order valence-electron chi connectivity index (χ3n) is 9.12. The molecule has 2 fully saturated rings. The summed E-state index contributed by atoms with van der Waals surface area (Å²) < 4.78 is 1.75. The number of aryl methyl sites for hydroxylation is 2. The average Bonchev–Trinajstić information content (AvgIpc) is 3.03. The second-order valence-electron chi connectivity index (χ2n) is 12.1. The molecule has 4 aromatic rings. The summed E-state index contributed by atoms with van der Waals surface area (Å²) >= 11 is 13.0. The molecule has 2 aromatic heterocycles. The van der Waals surface area contributed by atoms with Gasteiger partial charge in [0.1, 0.15) is 5.65 Å².